The molecule has 0 aliphatic heterocycles. The molecule has 0 spiro atoms. The Balaban J connectivity index is 1.79. The highest BCUT2D eigenvalue weighted by Gasteiger charge is 2.12. The van der Waals surface area contributed by atoms with E-state index in [1.165, 1.54) is 14.2 Å². The Morgan fingerprint density at radius 1 is 1.04 bits per heavy atom. The van der Waals surface area contributed by atoms with E-state index >= 15 is 0 Å². The lowest BCUT2D eigenvalue weighted by Crippen LogP contribution is -2.13. The minimum absolute atomic E-state index is 0.307. The van der Waals surface area contributed by atoms with Crippen molar-refractivity contribution in [1.82, 2.24) is 9.78 Å². The first-order valence-electron chi connectivity index (χ1n) is 7.45. The van der Waals surface area contributed by atoms with Crippen LogP contribution in [0.1, 0.15) is 10.4 Å². The zero-order chi connectivity index (χ0) is 17.8. The van der Waals surface area contributed by atoms with E-state index in [9.17, 15) is 4.79 Å². The van der Waals surface area contributed by atoms with Crippen LogP contribution in [0.5, 0.6) is 11.5 Å². The summed E-state index contributed by atoms with van der Waals surface area (Å²) in [7, 11) is 3.06. The fraction of sp³-hybridized carbons (Fsp3) is 0.111. The predicted molar refractivity (Wildman–Crippen MR) is 96.1 cm³/mol. The predicted octanol–water partition coefficient (Wildman–Crippen LogP) is 3.80. The van der Waals surface area contributed by atoms with E-state index in [2.05, 4.69) is 10.4 Å². The highest BCUT2D eigenvalue weighted by molar-refractivity contribution is 6.30. The van der Waals surface area contributed by atoms with Gasteiger partial charge in [0.25, 0.3) is 5.91 Å². The summed E-state index contributed by atoms with van der Waals surface area (Å²) in [6, 6.07) is 13.9. The number of benzene rings is 2. The van der Waals surface area contributed by atoms with Gasteiger partial charge in [0, 0.05) is 28.9 Å². The average molecular weight is 358 g/mol. The van der Waals surface area contributed by atoms with Gasteiger partial charge < -0.3 is 14.8 Å². The summed E-state index contributed by atoms with van der Waals surface area (Å²) in [5.41, 5.74) is 1.25. The minimum atomic E-state index is -0.307. The molecule has 3 rings (SSSR count). The normalized spacial score (nSPS) is 10.4. The van der Waals surface area contributed by atoms with Gasteiger partial charge in [0.05, 0.1) is 19.9 Å². The number of ether oxygens (including phenoxy) is 2. The maximum atomic E-state index is 12.5. The van der Waals surface area contributed by atoms with Crippen molar-refractivity contribution in [2.75, 3.05) is 19.5 Å². The summed E-state index contributed by atoms with van der Waals surface area (Å²) in [6.45, 7) is 0. The second-order valence-corrected chi connectivity index (χ2v) is 5.61. The van der Waals surface area contributed by atoms with E-state index in [1.807, 2.05) is 12.1 Å². The van der Waals surface area contributed by atoms with E-state index in [0.717, 1.165) is 5.69 Å². The van der Waals surface area contributed by atoms with Crippen molar-refractivity contribution in [1.29, 1.82) is 0 Å². The first kappa shape index (κ1) is 16.9. The van der Waals surface area contributed by atoms with Gasteiger partial charge in [0.15, 0.2) is 5.82 Å². The molecule has 0 saturated carbocycles. The number of nitrogens with one attached hydrogen (secondary N) is 1. The van der Waals surface area contributed by atoms with Gasteiger partial charge >= 0.3 is 0 Å². The number of aromatic nitrogens is 2. The standard InChI is InChI=1S/C18H16ClN3O3/c1-24-15-9-12(10-16(11-15)25-2)18(23)20-17-7-8-22(21-17)14-5-3-13(19)4-6-14/h3-11H,1-2H3,(H,20,21,23). The van der Waals surface area contributed by atoms with Gasteiger partial charge in [0.2, 0.25) is 0 Å². The number of carbonyl (C=O) groups excluding carboxylic acids is 1. The summed E-state index contributed by atoms with van der Waals surface area (Å²) in [5, 5.41) is 7.74. The van der Waals surface area contributed by atoms with E-state index in [1.54, 1.807) is 47.3 Å². The molecular weight excluding hydrogens is 342 g/mol. The summed E-state index contributed by atoms with van der Waals surface area (Å²) in [4.78, 5) is 12.5. The number of hydrogen-bond donors (Lipinski definition) is 1. The van der Waals surface area contributed by atoms with Crippen LogP contribution < -0.4 is 14.8 Å². The molecule has 1 heterocycles. The molecule has 0 saturated heterocycles. The highest BCUT2D eigenvalue weighted by Crippen LogP contribution is 2.23. The fourth-order valence-electron chi connectivity index (χ4n) is 2.26. The summed E-state index contributed by atoms with van der Waals surface area (Å²) in [6.07, 6.45) is 1.75. The van der Waals surface area contributed by atoms with E-state index in [4.69, 9.17) is 21.1 Å². The third kappa shape index (κ3) is 3.92. The van der Waals surface area contributed by atoms with Crippen LogP contribution in [0.2, 0.25) is 5.02 Å². The van der Waals surface area contributed by atoms with Crippen molar-refractivity contribution < 1.29 is 14.3 Å². The average Bonchev–Trinajstić information content (AvgIpc) is 3.10. The number of halogens is 1. The van der Waals surface area contributed by atoms with Crippen LogP contribution >= 0.6 is 11.6 Å². The minimum Gasteiger partial charge on any atom is -0.497 e. The molecule has 7 heteroatoms. The van der Waals surface area contributed by atoms with Gasteiger partial charge in [0.1, 0.15) is 11.5 Å². The molecule has 0 radical (unpaired) electrons. The van der Waals surface area contributed by atoms with Gasteiger partial charge in [-0.3, -0.25) is 4.79 Å². The zero-order valence-electron chi connectivity index (χ0n) is 13.7. The SMILES string of the molecule is COc1cc(OC)cc(C(=O)Nc2ccn(-c3ccc(Cl)cc3)n2)c1. The lowest BCUT2D eigenvalue weighted by Gasteiger charge is -2.08. The van der Waals surface area contributed by atoms with Crippen LogP contribution in [0.25, 0.3) is 5.69 Å². The van der Waals surface area contributed by atoms with Gasteiger partial charge in [-0.2, -0.15) is 5.10 Å². The molecule has 6 nitrogen and oxygen atoms in total. The molecule has 0 aliphatic rings. The third-order valence-electron chi connectivity index (χ3n) is 3.54. The van der Waals surface area contributed by atoms with Crippen molar-refractivity contribution in [2.45, 2.75) is 0 Å². The number of carbonyl (C=O) groups is 1. The largest absolute Gasteiger partial charge is 0.497 e. The second kappa shape index (κ2) is 7.27. The summed E-state index contributed by atoms with van der Waals surface area (Å²) in [5.74, 6) is 1.20. The number of hydrogen-bond acceptors (Lipinski definition) is 4. The Bertz CT molecular complexity index is 869. The molecule has 2 aromatic carbocycles. The summed E-state index contributed by atoms with van der Waals surface area (Å²) >= 11 is 5.88. The molecule has 0 atom stereocenters. The van der Waals surface area contributed by atoms with Gasteiger partial charge in [-0.1, -0.05) is 11.6 Å². The smallest absolute Gasteiger partial charge is 0.257 e. The first-order valence-corrected chi connectivity index (χ1v) is 7.83. The number of rotatable bonds is 5. The van der Waals surface area contributed by atoms with E-state index < -0.39 is 0 Å². The molecule has 128 valence electrons. The highest BCUT2D eigenvalue weighted by atomic mass is 35.5. The van der Waals surface area contributed by atoms with E-state index in [0.29, 0.717) is 27.9 Å². The van der Waals surface area contributed by atoms with Crippen LogP contribution in [0.15, 0.2) is 54.7 Å². The molecule has 1 aromatic heterocycles. The van der Waals surface area contributed by atoms with Crippen molar-refractivity contribution in [3.05, 3.63) is 65.3 Å². The Labute approximate surface area is 149 Å². The van der Waals surface area contributed by atoms with Crippen LogP contribution in [0, 0.1) is 0 Å². The van der Waals surface area contributed by atoms with E-state index in [-0.39, 0.29) is 5.91 Å². The Morgan fingerprint density at radius 3 is 2.28 bits per heavy atom. The van der Waals surface area contributed by atoms with Crippen LogP contribution in [-0.2, 0) is 0 Å². The van der Waals surface area contributed by atoms with Crippen LogP contribution in [0.3, 0.4) is 0 Å². The number of methoxy groups -OCH3 is 2. The fourth-order valence-corrected chi connectivity index (χ4v) is 2.38. The van der Waals surface area contributed by atoms with Crippen molar-refractivity contribution in [3.63, 3.8) is 0 Å². The molecule has 0 fully saturated rings. The third-order valence-corrected chi connectivity index (χ3v) is 3.79. The Kier molecular flexibility index (Phi) is 4.90. The Morgan fingerprint density at radius 2 is 1.68 bits per heavy atom. The van der Waals surface area contributed by atoms with Crippen LogP contribution in [0.4, 0.5) is 5.82 Å². The molecule has 0 bridgehead atoms. The second-order valence-electron chi connectivity index (χ2n) is 5.18. The molecule has 3 aromatic rings. The Hall–Kier alpha value is -2.99. The lowest BCUT2D eigenvalue weighted by molar-refractivity contribution is 0.102. The molecule has 1 amide bonds. The zero-order valence-corrected chi connectivity index (χ0v) is 14.4. The first-order chi connectivity index (χ1) is 12.1. The van der Waals surface area contributed by atoms with Gasteiger partial charge in [-0.05, 0) is 36.4 Å². The molecule has 1 N–H and O–H groups in total. The van der Waals surface area contributed by atoms with Crippen molar-refractivity contribution in [2.24, 2.45) is 0 Å². The van der Waals surface area contributed by atoms with Gasteiger partial charge in [-0.15, -0.1) is 0 Å². The molecular formula is C18H16ClN3O3. The molecule has 0 unspecified atom stereocenters. The molecule has 25 heavy (non-hydrogen) atoms. The lowest BCUT2D eigenvalue weighted by atomic mass is 10.2. The summed E-state index contributed by atoms with van der Waals surface area (Å²) < 4.78 is 12.0. The topological polar surface area (TPSA) is 65.4 Å². The maximum Gasteiger partial charge on any atom is 0.257 e. The monoisotopic (exact) mass is 357 g/mol. The van der Waals surface area contributed by atoms with Gasteiger partial charge in [-0.25, -0.2) is 4.68 Å². The quantitative estimate of drug-likeness (QED) is 0.754. The van der Waals surface area contributed by atoms with Crippen LogP contribution in [-0.4, -0.2) is 29.9 Å². The number of anilines is 1. The van der Waals surface area contributed by atoms with Crippen molar-refractivity contribution >= 4 is 23.3 Å². The van der Waals surface area contributed by atoms with Crippen molar-refractivity contribution in [3.8, 4) is 17.2 Å². The molecule has 0 aliphatic carbocycles. The number of nitrogens with zero attached hydrogens (tertiary/aromatic N) is 2. The maximum absolute atomic E-state index is 12.5. The number of amides is 1.